The maximum atomic E-state index is 11.0. The van der Waals surface area contributed by atoms with Crippen LogP contribution in [0.25, 0.3) is 10.8 Å². The summed E-state index contributed by atoms with van der Waals surface area (Å²) >= 11 is 0. The third-order valence-electron chi connectivity index (χ3n) is 3.89. The van der Waals surface area contributed by atoms with Crippen LogP contribution in [0.4, 0.5) is 11.4 Å². The van der Waals surface area contributed by atoms with E-state index in [1.165, 1.54) is 6.42 Å². The number of nitrogens with zero attached hydrogens (tertiary/aromatic N) is 2. The second-order valence-corrected chi connectivity index (χ2v) is 5.35. The average Bonchev–Trinajstić information content (AvgIpc) is 2.37. The lowest BCUT2D eigenvalue weighted by Crippen LogP contribution is -2.41. The largest absolute Gasteiger partial charge is 0.379 e. The minimum atomic E-state index is -0.362. The van der Waals surface area contributed by atoms with Crippen molar-refractivity contribution in [2.24, 2.45) is 0 Å². The molecule has 0 atom stereocenters. The van der Waals surface area contributed by atoms with Crippen LogP contribution in [-0.2, 0) is 0 Å². The average molecular weight is 257 g/mol. The monoisotopic (exact) mass is 257 g/mol. The van der Waals surface area contributed by atoms with Gasteiger partial charge in [0.1, 0.15) is 0 Å². The fourth-order valence-corrected chi connectivity index (χ4v) is 2.60. The topological polar surface area (TPSA) is 68.1 Å². The number of hydrogen-bond acceptors (Lipinski definition) is 4. The van der Waals surface area contributed by atoms with E-state index in [-0.39, 0.29) is 16.1 Å². The molecule has 1 fully saturated rings. The van der Waals surface area contributed by atoms with Gasteiger partial charge in [0.25, 0.3) is 5.69 Å². The standard InChI is InChI=1S/C14H15N3O2/c1-14(6-2-7-14)16-12-3-4-13(17(18)19)11-9-15-8-5-10(11)12/h3-5,8-9,16H,2,6-7H2,1H3. The number of nitrogens with one attached hydrogen (secondary N) is 1. The Kier molecular flexibility index (Phi) is 2.62. The molecule has 1 aromatic heterocycles. The molecule has 0 amide bonds. The van der Waals surface area contributed by atoms with E-state index in [1.807, 2.05) is 6.07 Å². The van der Waals surface area contributed by atoms with E-state index in [9.17, 15) is 10.1 Å². The lowest BCUT2D eigenvalue weighted by molar-refractivity contribution is -0.383. The minimum Gasteiger partial charge on any atom is -0.379 e. The predicted octanol–water partition coefficient (Wildman–Crippen LogP) is 3.50. The summed E-state index contributed by atoms with van der Waals surface area (Å²) in [6, 6.07) is 5.17. The summed E-state index contributed by atoms with van der Waals surface area (Å²) in [6.45, 7) is 2.19. The number of benzene rings is 1. The van der Waals surface area contributed by atoms with Gasteiger partial charge in [0.05, 0.1) is 10.3 Å². The summed E-state index contributed by atoms with van der Waals surface area (Å²) in [5.41, 5.74) is 1.17. The maximum Gasteiger partial charge on any atom is 0.278 e. The highest BCUT2D eigenvalue weighted by atomic mass is 16.6. The highest BCUT2D eigenvalue weighted by Crippen LogP contribution is 2.38. The third-order valence-corrected chi connectivity index (χ3v) is 3.89. The molecule has 2 aromatic rings. The molecule has 1 aliphatic rings. The molecule has 0 aliphatic heterocycles. The molecule has 0 bridgehead atoms. The third kappa shape index (κ3) is 2.01. The summed E-state index contributed by atoms with van der Waals surface area (Å²) in [5, 5.41) is 16.0. The molecule has 0 saturated heterocycles. The number of hydrogen-bond donors (Lipinski definition) is 1. The first-order chi connectivity index (χ1) is 9.09. The molecular weight excluding hydrogens is 242 g/mol. The quantitative estimate of drug-likeness (QED) is 0.675. The Morgan fingerprint density at radius 2 is 2.11 bits per heavy atom. The van der Waals surface area contributed by atoms with E-state index in [4.69, 9.17) is 0 Å². The van der Waals surface area contributed by atoms with Gasteiger partial charge in [0.15, 0.2) is 0 Å². The zero-order valence-electron chi connectivity index (χ0n) is 10.7. The van der Waals surface area contributed by atoms with E-state index in [0.29, 0.717) is 5.39 Å². The Morgan fingerprint density at radius 3 is 2.74 bits per heavy atom. The fraction of sp³-hybridized carbons (Fsp3) is 0.357. The number of aromatic nitrogens is 1. The number of anilines is 1. The van der Waals surface area contributed by atoms with Crippen LogP contribution in [0.15, 0.2) is 30.6 Å². The summed E-state index contributed by atoms with van der Waals surface area (Å²) < 4.78 is 0. The fourth-order valence-electron chi connectivity index (χ4n) is 2.60. The van der Waals surface area contributed by atoms with Crippen molar-refractivity contribution in [3.05, 3.63) is 40.7 Å². The van der Waals surface area contributed by atoms with Gasteiger partial charge in [-0.15, -0.1) is 0 Å². The van der Waals surface area contributed by atoms with Gasteiger partial charge in [0, 0.05) is 35.1 Å². The Labute approximate surface area is 110 Å². The first-order valence-electron chi connectivity index (χ1n) is 6.38. The molecule has 1 aromatic carbocycles. The summed E-state index contributed by atoms with van der Waals surface area (Å²) in [5.74, 6) is 0. The van der Waals surface area contributed by atoms with Crippen molar-refractivity contribution in [2.75, 3.05) is 5.32 Å². The van der Waals surface area contributed by atoms with Crippen LogP contribution in [0.5, 0.6) is 0 Å². The Hall–Kier alpha value is -2.17. The molecule has 98 valence electrons. The molecule has 0 unspecified atom stereocenters. The second-order valence-electron chi connectivity index (χ2n) is 5.35. The number of nitro groups is 1. The first-order valence-corrected chi connectivity index (χ1v) is 6.38. The lowest BCUT2D eigenvalue weighted by Gasteiger charge is -2.40. The van der Waals surface area contributed by atoms with Crippen molar-refractivity contribution >= 4 is 22.1 Å². The maximum absolute atomic E-state index is 11.0. The smallest absolute Gasteiger partial charge is 0.278 e. The van der Waals surface area contributed by atoms with Crippen LogP contribution < -0.4 is 5.32 Å². The van der Waals surface area contributed by atoms with Crippen LogP contribution in [0.3, 0.4) is 0 Å². The molecule has 1 heterocycles. The van der Waals surface area contributed by atoms with E-state index in [2.05, 4.69) is 17.2 Å². The normalized spacial score (nSPS) is 16.9. The van der Waals surface area contributed by atoms with Crippen molar-refractivity contribution in [3.8, 4) is 0 Å². The first kappa shape index (κ1) is 11.9. The minimum absolute atomic E-state index is 0.104. The van der Waals surface area contributed by atoms with Crippen molar-refractivity contribution in [2.45, 2.75) is 31.7 Å². The Balaban J connectivity index is 2.11. The van der Waals surface area contributed by atoms with Crippen LogP contribution in [0.2, 0.25) is 0 Å². The van der Waals surface area contributed by atoms with Crippen molar-refractivity contribution in [1.29, 1.82) is 0 Å². The van der Waals surface area contributed by atoms with Crippen LogP contribution in [0.1, 0.15) is 26.2 Å². The number of fused-ring (bicyclic) bond motifs is 1. The molecule has 3 rings (SSSR count). The molecule has 0 spiro atoms. The zero-order chi connectivity index (χ0) is 13.5. The Morgan fingerprint density at radius 1 is 1.32 bits per heavy atom. The molecule has 1 saturated carbocycles. The molecule has 1 N–H and O–H groups in total. The molecule has 19 heavy (non-hydrogen) atoms. The summed E-state index contributed by atoms with van der Waals surface area (Å²) in [7, 11) is 0. The van der Waals surface area contributed by atoms with Crippen molar-refractivity contribution in [1.82, 2.24) is 4.98 Å². The Bertz CT molecular complexity index is 650. The number of non-ortho nitro benzene ring substituents is 1. The number of pyridine rings is 1. The van der Waals surface area contributed by atoms with Crippen LogP contribution in [-0.4, -0.2) is 15.4 Å². The summed E-state index contributed by atoms with van der Waals surface area (Å²) in [4.78, 5) is 14.7. The van der Waals surface area contributed by atoms with E-state index >= 15 is 0 Å². The van der Waals surface area contributed by atoms with Gasteiger partial charge in [-0.25, -0.2) is 0 Å². The molecule has 5 nitrogen and oxygen atoms in total. The van der Waals surface area contributed by atoms with Crippen molar-refractivity contribution < 1.29 is 4.92 Å². The molecule has 0 radical (unpaired) electrons. The molecule has 1 aliphatic carbocycles. The van der Waals surface area contributed by atoms with Gasteiger partial charge in [-0.2, -0.15) is 0 Å². The van der Waals surface area contributed by atoms with Crippen molar-refractivity contribution in [3.63, 3.8) is 0 Å². The van der Waals surface area contributed by atoms with E-state index in [1.54, 1.807) is 24.5 Å². The molecular formula is C14H15N3O2. The second kappa shape index (κ2) is 4.19. The number of rotatable bonds is 3. The highest BCUT2D eigenvalue weighted by molar-refractivity contribution is 5.99. The lowest BCUT2D eigenvalue weighted by atomic mass is 9.78. The SMILES string of the molecule is CC1(Nc2ccc([N+](=O)[O-])c3cnccc23)CCC1. The van der Waals surface area contributed by atoms with Crippen LogP contribution in [0, 0.1) is 10.1 Å². The summed E-state index contributed by atoms with van der Waals surface area (Å²) in [6.07, 6.45) is 6.73. The predicted molar refractivity (Wildman–Crippen MR) is 74.3 cm³/mol. The van der Waals surface area contributed by atoms with E-state index < -0.39 is 0 Å². The van der Waals surface area contributed by atoms with Gasteiger partial charge in [-0.05, 0) is 38.3 Å². The highest BCUT2D eigenvalue weighted by Gasteiger charge is 2.32. The van der Waals surface area contributed by atoms with Gasteiger partial charge < -0.3 is 5.32 Å². The van der Waals surface area contributed by atoms with E-state index in [0.717, 1.165) is 23.9 Å². The van der Waals surface area contributed by atoms with Crippen LogP contribution >= 0.6 is 0 Å². The van der Waals surface area contributed by atoms with Gasteiger partial charge >= 0.3 is 0 Å². The zero-order valence-corrected chi connectivity index (χ0v) is 10.7. The number of nitro benzene ring substituents is 1. The van der Waals surface area contributed by atoms with Gasteiger partial charge in [-0.1, -0.05) is 0 Å². The molecule has 5 heteroatoms. The van der Waals surface area contributed by atoms with Gasteiger partial charge in [0.2, 0.25) is 0 Å². The van der Waals surface area contributed by atoms with Gasteiger partial charge in [-0.3, -0.25) is 15.1 Å².